The number of nitrogens with one attached hydrogen (secondary N) is 1. The number of amides is 1. The number of hydrogen-bond donors (Lipinski definition) is 1. The van der Waals surface area contributed by atoms with Gasteiger partial charge in [0.25, 0.3) is 5.91 Å². The molecule has 1 amide bonds. The normalized spacial score (nSPS) is 17.3. The molecular formula is C24H21N3O2. The molecule has 1 saturated heterocycles. The molecule has 0 aliphatic carbocycles. The van der Waals surface area contributed by atoms with E-state index in [1.54, 1.807) is 6.20 Å². The number of carbonyl (C=O) groups is 1. The van der Waals surface area contributed by atoms with Gasteiger partial charge >= 0.3 is 0 Å². The first-order valence-electron chi connectivity index (χ1n) is 9.79. The van der Waals surface area contributed by atoms with Crippen LogP contribution in [0.5, 0.6) is 0 Å². The molecule has 5 heteroatoms. The Morgan fingerprint density at radius 2 is 1.86 bits per heavy atom. The highest BCUT2D eigenvalue weighted by molar-refractivity contribution is 6.35. The van der Waals surface area contributed by atoms with Crippen molar-refractivity contribution in [2.45, 2.75) is 0 Å². The van der Waals surface area contributed by atoms with E-state index >= 15 is 0 Å². The summed E-state index contributed by atoms with van der Waals surface area (Å²) in [6, 6.07) is 18.2. The number of carbonyl (C=O) groups excluding carboxylic acids is 1. The van der Waals surface area contributed by atoms with E-state index in [4.69, 9.17) is 4.74 Å². The summed E-state index contributed by atoms with van der Waals surface area (Å²) >= 11 is 0. The molecule has 1 N–H and O–H groups in total. The highest BCUT2D eigenvalue weighted by atomic mass is 16.5. The molecule has 29 heavy (non-hydrogen) atoms. The Morgan fingerprint density at radius 1 is 1.00 bits per heavy atom. The zero-order valence-corrected chi connectivity index (χ0v) is 16.0. The summed E-state index contributed by atoms with van der Waals surface area (Å²) in [6.45, 7) is 3.17. The van der Waals surface area contributed by atoms with Crippen LogP contribution in [0.25, 0.3) is 22.8 Å². The molecule has 3 heterocycles. The molecule has 3 aromatic rings. The largest absolute Gasteiger partial charge is 0.378 e. The minimum atomic E-state index is -0.0693. The van der Waals surface area contributed by atoms with E-state index < -0.39 is 0 Å². The summed E-state index contributed by atoms with van der Waals surface area (Å²) in [5, 5.41) is 3.02. The maximum absolute atomic E-state index is 12.7. The monoisotopic (exact) mass is 383 g/mol. The third kappa shape index (κ3) is 3.41. The van der Waals surface area contributed by atoms with Crippen LogP contribution in [0, 0.1) is 0 Å². The molecule has 144 valence electrons. The summed E-state index contributed by atoms with van der Waals surface area (Å²) in [6.07, 6.45) is 5.58. The number of rotatable bonds is 3. The minimum Gasteiger partial charge on any atom is -0.378 e. The number of para-hydroxylation sites is 1. The highest BCUT2D eigenvalue weighted by Crippen LogP contribution is 2.37. The molecule has 1 fully saturated rings. The molecule has 5 nitrogen and oxygen atoms in total. The lowest BCUT2D eigenvalue weighted by atomic mass is 9.99. The van der Waals surface area contributed by atoms with E-state index in [9.17, 15) is 4.79 Å². The number of nitrogens with zero attached hydrogens (tertiary/aromatic N) is 2. The number of ether oxygens (including phenoxy) is 1. The average molecular weight is 383 g/mol. The molecule has 0 saturated carbocycles. The van der Waals surface area contributed by atoms with Crippen LogP contribution in [0.2, 0.25) is 0 Å². The van der Waals surface area contributed by atoms with Gasteiger partial charge in [0.1, 0.15) is 0 Å². The SMILES string of the molecule is O=C1Nc2cc(-c3cccnc3)ccc2/C1=C\c1ccccc1N1CCOCC1. The van der Waals surface area contributed by atoms with Crippen LogP contribution in [-0.4, -0.2) is 37.2 Å². The molecule has 0 unspecified atom stereocenters. The van der Waals surface area contributed by atoms with Crippen LogP contribution in [0.3, 0.4) is 0 Å². The summed E-state index contributed by atoms with van der Waals surface area (Å²) in [5.41, 5.74) is 6.70. The number of hydrogen-bond acceptors (Lipinski definition) is 4. The Morgan fingerprint density at radius 3 is 2.69 bits per heavy atom. The highest BCUT2D eigenvalue weighted by Gasteiger charge is 2.25. The van der Waals surface area contributed by atoms with Gasteiger partial charge in [-0.05, 0) is 35.4 Å². The molecule has 0 atom stereocenters. The van der Waals surface area contributed by atoms with Crippen molar-refractivity contribution < 1.29 is 9.53 Å². The van der Waals surface area contributed by atoms with Crippen molar-refractivity contribution in [3.05, 3.63) is 78.1 Å². The van der Waals surface area contributed by atoms with Gasteiger partial charge in [-0.25, -0.2) is 0 Å². The van der Waals surface area contributed by atoms with E-state index in [-0.39, 0.29) is 5.91 Å². The van der Waals surface area contributed by atoms with E-state index in [1.807, 2.05) is 54.7 Å². The molecule has 5 rings (SSSR count). The van der Waals surface area contributed by atoms with Gasteiger partial charge in [-0.15, -0.1) is 0 Å². The molecule has 2 aliphatic rings. The quantitative estimate of drug-likeness (QED) is 0.693. The fraction of sp³-hybridized carbons (Fsp3) is 0.167. The third-order valence-corrected chi connectivity index (χ3v) is 5.39. The lowest BCUT2D eigenvalue weighted by molar-refractivity contribution is -0.110. The van der Waals surface area contributed by atoms with Crippen molar-refractivity contribution in [2.75, 3.05) is 36.5 Å². The van der Waals surface area contributed by atoms with Crippen LogP contribution >= 0.6 is 0 Å². The Hall–Kier alpha value is -3.44. The fourth-order valence-corrected chi connectivity index (χ4v) is 3.91. The molecule has 2 aromatic carbocycles. The van der Waals surface area contributed by atoms with Gasteiger partial charge in [-0.3, -0.25) is 9.78 Å². The predicted octanol–water partition coefficient (Wildman–Crippen LogP) is 4.08. The molecular weight excluding hydrogens is 362 g/mol. The van der Waals surface area contributed by atoms with Crippen molar-refractivity contribution in [3.8, 4) is 11.1 Å². The van der Waals surface area contributed by atoms with Gasteiger partial charge in [0.15, 0.2) is 0 Å². The number of morpholine rings is 1. The van der Waals surface area contributed by atoms with Gasteiger partial charge < -0.3 is 15.0 Å². The van der Waals surface area contributed by atoms with Crippen molar-refractivity contribution in [2.24, 2.45) is 0 Å². The topological polar surface area (TPSA) is 54.5 Å². The average Bonchev–Trinajstić information content (AvgIpc) is 3.09. The maximum Gasteiger partial charge on any atom is 0.256 e. The van der Waals surface area contributed by atoms with Crippen molar-refractivity contribution in [1.29, 1.82) is 0 Å². The molecule has 1 aromatic heterocycles. The Bertz CT molecular complexity index is 1090. The zero-order chi connectivity index (χ0) is 19.6. The zero-order valence-electron chi connectivity index (χ0n) is 16.0. The minimum absolute atomic E-state index is 0.0693. The first kappa shape index (κ1) is 17.6. The van der Waals surface area contributed by atoms with Gasteiger partial charge in [0.2, 0.25) is 0 Å². The molecule has 0 radical (unpaired) electrons. The third-order valence-electron chi connectivity index (χ3n) is 5.39. The molecule has 2 aliphatic heterocycles. The smallest absolute Gasteiger partial charge is 0.256 e. The van der Waals surface area contributed by atoms with Gasteiger partial charge in [-0.1, -0.05) is 36.4 Å². The summed E-state index contributed by atoms with van der Waals surface area (Å²) in [5.74, 6) is -0.0693. The van der Waals surface area contributed by atoms with Crippen LogP contribution in [0.1, 0.15) is 11.1 Å². The Labute approximate surface area is 169 Å². The second kappa shape index (κ2) is 7.53. The van der Waals surface area contributed by atoms with Crippen LogP contribution < -0.4 is 10.2 Å². The van der Waals surface area contributed by atoms with E-state index in [0.717, 1.165) is 59.9 Å². The summed E-state index contributed by atoms with van der Waals surface area (Å²) in [7, 11) is 0. The Balaban J connectivity index is 1.52. The number of benzene rings is 2. The fourth-order valence-electron chi connectivity index (χ4n) is 3.91. The first-order valence-corrected chi connectivity index (χ1v) is 9.79. The summed E-state index contributed by atoms with van der Waals surface area (Å²) in [4.78, 5) is 19.2. The van der Waals surface area contributed by atoms with Crippen LogP contribution in [-0.2, 0) is 9.53 Å². The van der Waals surface area contributed by atoms with Gasteiger partial charge in [0.05, 0.1) is 13.2 Å². The van der Waals surface area contributed by atoms with E-state index in [0.29, 0.717) is 5.57 Å². The molecule has 0 spiro atoms. The lowest BCUT2D eigenvalue weighted by Crippen LogP contribution is -2.36. The first-order chi connectivity index (χ1) is 14.3. The van der Waals surface area contributed by atoms with Gasteiger partial charge in [-0.2, -0.15) is 0 Å². The van der Waals surface area contributed by atoms with Crippen molar-refractivity contribution >= 4 is 28.9 Å². The number of aromatic nitrogens is 1. The number of anilines is 2. The lowest BCUT2D eigenvalue weighted by Gasteiger charge is -2.30. The van der Waals surface area contributed by atoms with Crippen LogP contribution in [0.15, 0.2) is 67.0 Å². The van der Waals surface area contributed by atoms with Crippen LogP contribution in [0.4, 0.5) is 11.4 Å². The number of pyridine rings is 1. The summed E-state index contributed by atoms with van der Waals surface area (Å²) < 4.78 is 5.48. The van der Waals surface area contributed by atoms with E-state index in [1.165, 1.54) is 0 Å². The van der Waals surface area contributed by atoms with Crippen molar-refractivity contribution in [1.82, 2.24) is 4.98 Å². The van der Waals surface area contributed by atoms with E-state index in [2.05, 4.69) is 27.3 Å². The van der Waals surface area contributed by atoms with Gasteiger partial charge in [0, 0.05) is 53.6 Å². The second-order valence-corrected chi connectivity index (χ2v) is 7.17. The molecule has 0 bridgehead atoms. The van der Waals surface area contributed by atoms with Crippen molar-refractivity contribution in [3.63, 3.8) is 0 Å². The Kier molecular flexibility index (Phi) is 4.58. The second-order valence-electron chi connectivity index (χ2n) is 7.17. The number of fused-ring (bicyclic) bond motifs is 1. The standard InChI is InChI=1S/C24H21N3O2/c28-24-21(14-18-4-1-2-6-23(18)27-10-12-29-13-11-27)20-8-7-17(15-22(20)26-24)19-5-3-9-25-16-19/h1-9,14-16H,10-13H2,(H,26,28)/b21-14+. The maximum atomic E-state index is 12.7. The predicted molar refractivity (Wildman–Crippen MR) is 116 cm³/mol.